The zero-order valence-corrected chi connectivity index (χ0v) is 17.0. The van der Waals surface area contributed by atoms with Gasteiger partial charge in [0.15, 0.2) is 8.32 Å². The molecule has 130 valence electrons. The van der Waals surface area contributed by atoms with Gasteiger partial charge in [0.2, 0.25) is 5.43 Å². The molecule has 0 fully saturated rings. The molecule has 0 radical (unpaired) electrons. The highest BCUT2D eigenvalue weighted by atomic mass is 79.9. The van der Waals surface area contributed by atoms with Crippen LogP contribution in [0.4, 0.5) is 0 Å². The van der Waals surface area contributed by atoms with E-state index in [0.29, 0.717) is 10.1 Å². The van der Waals surface area contributed by atoms with Crippen LogP contribution in [0.2, 0.25) is 18.1 Å². The zero-order chi connectivity index (χ0) is 18.3. The van der Waals surface area contributed by atoms with Gasteiger partial charge in [0.05, 0.1) is 5.39 Å². The minimum absolute atomic E-state index is 0.0217. The molecule has 0 aromatic carbocycles. The Morgan fingerprint density at radius 2 is 2.04 bits per heavy atom. The minimum atomic E-state index is -2.03. The fourth-order valence-corrected chi connectivity index (χ4v) is 3.17. The van der Waals surface area contributed by atoms with Crippen LogP contribution >= 0.6 is 15.9 Å². The van der Waals surface area contributed by atoms with Gasteiger partial charge in [-0.2, -0.15) is 0 Å². The first-order valence-corrected chi connectivity index (χ1v) is 11.2. The average molecular weight is 413 g/mol. The van der Waals surface area contributed by atoms with E-state index in [2.05, 4.69) is 54.8 Å². The van der Waals surface area contributed by atoms with E-state index in [-0.39, 0.29) is 22.7 Å². The molecule has 0 amide bonds. The third-order valence-corrected chi connectivity index (χ3v) is 9.38. The molecule has 0 atom stereocenters. The summed E-state index contributed by atoms with van der Waals surface area (Å²) >= 11 is 3.27. The lowest BCUT2D eigenvalue weighted by atomic mass is 10.2. The van der Waals surface area contributed by atoms with Crippen LogP contribution in [0.3, 0.4) is 0 Å². The van der Waals surface area contributed by atoms with E-state index in [4.69, 9.17) is 4.43 Å². The van der Waals surface area contributed by atoms with E-state index in [0.717, 1.165) is 0 Å². The van der Waals surface area contributed by atoms with Crippen molar-refractivity contribution in [2.24, 2.45) is 0 Å². The molecule has 2 rings (SSSR count). The Bertz CT molecular complexity index is 856. The van der Waals surface area contributed by atoms with E-state index in [1.54, 1.807) is 16.8 Å². The lowest BCUT2D eigenvalue weighted by Gasteiger charge is -2.36. The van der Waals surface area contributed by atoms with E-state index in [1.165, 1.54) is 6.20 Å². The summed E-state index contributed by atoms with van der Waals surface area (Å²) < 4.78 is 8.36. The molecule has 6 nitrogen and oxygen atoms in total. The zero-order valence-electron chi connectivity index (χ0n) is 14.4. The number of carboxylic acids is 1. The summed E-state index contributed by atoms with van der Waals surface area (Å²) in [6.07, 6.45) is 2.88. The highest BCUT2D eigenvalue weighted by molar-refractivity contribution is 9.10. The van der Waals surface area contributed by atoms with Crippen molar-refractivity contribution >= 4 is 41.3 Å². The summed E-state index contributed by atoms with van der Waals surface area (Å²) in [5.41, 5.74) is -0.428. The largest absolute Gasteiger partial charge is 0.477 e. The van der Waals surface area contributed by atoms with E-state index >= 15 is 0 Å². The highest BCUT2D eigenvalue weighted by Crippen LogP contribution is 2.36. The first-order chi connectivity index (χ1) is 10.9. The molecule has 2 aromatic rings. The lowest BCUT2D eigenvalue weighted by Crippen LogP contribution is -2.41. The Labute approximate surface area is 149 Å². The number of carboxylic acid groups (broad SMARTS) is 1. The second kappa shape index (κ2) is 6.42. The van der Waals surface area contributed by atoms with Crippen LogP contribution in [0.5, 0.6) is 0 Å². The van der Waals surface area contributed by atoms with Crippen LogP contribution in [0.25, 0.3) is 11.0 Å². The van der Waals surface area contributed by atoms with Crippen LogP contribution in [0.15, 0.2) is 27.7 Å². The van der Waals surface area contributed by atoms with Gasteiger partial charge in [0, 0.05) is 16.9 Å². The number of halogens is 1. The normalized spacial score (nSPS) is 12.6. The maximum Gasteiger partial charge on any atom is 0.341 e. The number of fused-ring (bicyclic) bond motifs is 1. The summed E-state index contributed by atoms with van der Waals surface area (Å²) in [7, 11) is -2.03. The standard InChI is InChI=1S/C16H21BrN2O4Si/c1-16(2,3)24(4,5)23-9-19-8-12(15(21)22)13(20)11-6-10(17)7-18-14(11)19/h6-8H,9H2,1-5H3,(H,21,22). The fourth-order valence-electron chi connectivity index (χ4n) is 1.95. The van der Waals surface area contributed by atoms with Gasteiger partial charge >= 0.3 is 5.97 Å². The van der Waals surface area contributed by atoms with Crippen molar-refractivity contribution in [3.8, 4) is 0 Å². The number of carbonyl (C=O) groups is 1. The number of aromatic nitrogens is 2. The molecule has 0 aliphatic heterocycles. The predicted octanol–water partition coefficient (Wildman–Crippen LogP) is 3.84. The second-order valence-corrected chi connectivity index (χ2v) is 12.9. The van der Waals surface area contributed by atoms with Gasteiger partial charge in [0.25, 0.3) is 0 Å². The van der Waals surface area contributed by atoms with E-state index in [9.17, 15) is 14.7 Å². The van der Waals surface area contributed by atoms with E-state index in [1.807, 2.05) is 0 Å². The molecule has 1 N–H and O–H groups in total. The first kappa shape index (κ1) is 18.8. The molecule has 2 heterocycles. The maximum absolute atomic E-state index is 12.3. The molecule has 0 aliphatic carbocycles. The maximum atomic E-state index is 12.3. The van der Waals surface area contributed by atoms with Gasteiger partial charge < -0.3 is 14.1 Å². The highest BCUT2D eigenvalue weighted by Gasteiger charge is 2.37. The van der Waals surface area contributed by atoms with Gasteiger partial charge in [-0.15, -0.1) is 0 Å². The molecule has 0 unspecified atom stereocenters. The van der Waals surface area contributed by atoms with Crippen LogP contribution < -0.4 is 5.43 Å². The van der Waals surface area contributed by atoms with Crippen molar-refractivity contribution in [1.29, 1.82) is 0 Å². The van der Waals surface area contributed by atoms with Crippen LogP contribution in [0, 0.1) is 0 Å². The molecule has 8 heteroatoms. The molecular formula is C16H21BrN2O4Si. The van der Waals surface area contributed by atoms with Crippen molar-refractivity contribution < 1.29 is 14.3 Å². The molecule has 0 aliphatic rings. The van der Waals surface area contributed by atoms with Gasteiger partial charge in [-0.3, -0.25) is 4.79 Å². The number of pyridine rings is 2. The summed E-state index contributed by atoms with van der Waals surface area (Å²) in [5, 5.41) is 9.57. The molecule has 0 bridgehead atoms. The third-order valence-electron chi connectivity index (χ3n) is 4.48. The monoisotopic (exact) mass is 412 g/mol. The number of hydrogen-bond donors (Lipinski definition) is 1. The lowest BCUT2D eigenvalue weighted by molar-refractivity contribution is 0.0694. The second-order valence-electron chi connectivity index (χ2n) is 7.21. The number of rotatable bonds is 4. The summed E-state index contributed by atoms with van der Waals surface area (Å²) in [6, 6.07) is 1.58. The van der Waals surface area contributed by atoms with Gasteiger partial charge in [-0.1, -0.05) is 20.8 Å². The minimum Gasteiger partial charge on any atom is -0.477 e. The Hall–Kier alpha value is -1.51. The van der Waals surface area contributed by atoms with Gasteiger partial charge in [-0.05, 0) is 40.1 Å². The smallest absolute Gasteiger partial charge is 0.341 e. The summed E-state index contributed by atoms with van der Waals surface area (Å²) in [5.74, 6) is -1.26. The molecule has 0 saturated carbocycles. The molecule has 0 spiro atoms. The number of aromatic carboxylic acids is 1. The molecule has 24 heavy (non-hydrogen) atoms. The van der Waals surface area contributed by atoms with Crippen molar-refractivity contribution in [2.45, 2.75) is 45.6 Å². The van der Waals surface area contributed by atoms with Crippen LogP contribution in [-0.2, 0) is 11.2 Å². The quantitative estimate of drug-likeness (QED) is 0.771. The topological polar surface area (TPSA) is 81.4 Å². The Morgan fingerprint density at radius 1 is 1.42 bits per heavy atom. The van der Waals surface area contributed by atoms with Crippen molar-refractivity contribution in [3.63, 3.8) is 0 Å². The SMILES string of the molecule is CC(C)(C)[Si](C)(C)OCn1cc(C(=O)O)c(=O)c2cc(Br)cnc21. The summed E-state index contributed by atoms with van der Waals surface area (Å²) in [4.78, 5) is 28.0. The Kier molecular flexibility index (Phi) is 5.03. The Morgan fingerprint density at radius 3 is 2.58 bits per heavy atom. The van der Waals surface area contributed by atoms with Gasteiger partial charge in [0.1, 0.15) is 17.9 Å². The average Bonchev–Trinajstić information content (AvgIpc) is 2.45. The van der Waals surface area contributed by atoms with Gasteiger partial charge in [-0.25, -0.2) is 9.78 Å². The molecular weight excluding hydrogens is 392 g/mol. The van der Waals surface area contributed by atoms with Crippen molar-refractivity contribution in [1.82, 2.24) is 9.55 Å². The number of nitrogens with zero attached hydrogens (tertiary/aromatic N) is 2. The summed E-state index contributed by atoms with van der Waals surface area (Å²) in [6.45, 7) is 10.8. The molecule has 2 aromatic heterocycles. The van der Waals surface area contributed by atoms with Crippen molar-refractivity contribution in [3.05, 3.63) is 38.7 Å². The molecule has 0 saturated heterocycles. The Balaban J connectivity index is 2.56. The third kappa shape index (κ3) is 3.60. The van der Waals surface area contributed by atoms with Crippen LogP contribution in [-0.4, -0.2) is 28.9 Å². The van der Waals surface area contributed by atoms with Crippen molar-refractivity contribution in [2.75, 3.05) is 0 Å². The fraction of sp³-hybridized carbons (Fsp3) is 0.438. The van der Waals surface area contributed by atoms with E-state index < -0.39 is 19.7 Å². The van der Waals surface area contributed by atoms with Crippen LogP contribution in [0.1, 0.15) is 31.1 Å². The number of hydrogen-bond acceptors (Lipinski definition) is 4. The predicted molar refractivity (Wildman–Crippen MR) is 98.9 cm³/mol. The first-order valence-electron chi connectivity index (χ1n) is 7.50.